The predicted octanol–water partition coefficient (Wildman–Crippen LogP) is 3.15. The third kappa shape index (κ3) is 2.80. The topological polar surface area (TPSA) is 64.1 Å². The first-order valence-electron chi connectivity index (χ1n) is 7.13. The van der Waals surface area contributed by atoms with Gasteiger partial charge in [-0.3, -0.25) is 9.59 Å². The van der Waals surface area contributed by atoms with Crippen molar-refractivity contribution >= 4 is 29.0 Å². The molecule has 0 aliphatic rings. The molecule has 6 heteroatoms. The Labute approximate surface area is 137 Å². The molecule has 0 saturated carbocycles. The van der Waals surface area contributed by atoms with Crippen LogP contribution in [0.25, 0.3) is 10.9 Å². The van der Waals surface area contributed by atoms with Gasteiger partial charge in [-0.15, -0.1) is 0 Å². The molecule has 0 unspecified atom stereocenters. The Balaban J connectivity index is 2.17. The number of hydrogen-bond donors (Lipinski definition) is 1. The van der Waals surface area contributed by atoms with Crippen molar-refractivity contribution in [2.75, 3.05) is 6.61 Å². The van der Waals surface area contributed by atoms with Crippen LogP contribution in [-0.2, 0) is 0 Å². The zero-order valence-corrected chi connectivity index (χ0v) is 13.2. The summed E-state index contributed by atoms with van der Waals surface area (Å²) in [7, 11) is 0. The summed E-state index contributed by atoms with van der Waals surface area (Å²) < 4.78 is 6.43. The summed E-state index contributed by atoms with van der Waals surface area (Å²) in [5.74, 6) is 0.0886. The number of nitrogens with one attached hydrogen (secondary N) is 1. The smallest absolute Gasteiger partial charge is 0.269 e. The number of carbonyl (C=O) groups is 1. The van der Waals surface area contributed by atoms with E-state index in [1.54, 1.807) is 48.5 Å². The summed E-state index contributed by atoms with van der Waals surface area (Å²) >= 11 is 5.18. The molecule has 0 spiro atoms. The van der Waals surface area contributed by atoms with Crippen molar-refractivity contribution in [3.8, 4) is 5.75 Å². The van der Waals surface area contributed by atoms with E-state index in [-0.39, 0.29) is 4.77 Å². The van der Waals surface area contributed by atoms with Crippen molar-refractivity contribution in [1.82, 2.24) is 9.55 Å². The number of ether oxygens (including phenoxy) is 1. The average molecular weight is 326 g/mol. The lowest BCUT2D eigenvalue weighted by Crippen LogP contribution is -2.29. The summed E-state index contributed by atoms with van der Waals surface area (Å²) in [4.78, 5) is 28.2. The number of carbonyl (C=O) groups excluding carboxylic acids is 1. The van der Waals surface area contributed by atoms with Crippen LogP contribution in [-0.4, -0.2) is 22.1 Å². The van der Waals surface area contributed by atoms with Crippen molar-refractivity contribution in [2.45, 2.75) is 6.92 Å². The summed E-state index contributed by atoms with van der Waals surface area (Å²) in [6, 6.07) is 13.6. The van der Waals surface area contributed by atoms with Gasteiger partial charge in [-0.2, -0.15) is 0 Å². The molecule has 0 radical (unpaired) electrons. The van der Waals surface area contributed by atoms with Gasteiger partial charge in [-0.1, -0.05) is 18.2 Å². The van der Waals surface area contributed by atoms with Crippen LogP contribution >= 0.6 is 12.2 Å². The molecule has 3 rings (SSSR count). The second kappa shape index (κ2) is 6.18. The van der Waals surface area contributed by atoms with Gasteiger partial charge in [-0.05, 0) is 49.5 Å². The summed E-state index contributed by atoms with van der Waals surface area (Å²) in [5.41, 5.74) is 0.513. The van der Waals surface area contributed by atoms with E-state index in [0.717, 1.165) is 4.57 Å². The maximum absolute atomic E-state index is 12.7. The first-order chi connectivity index (χ1) is 11.1. The zero-order chi connectivity index (χ0) is 16.4. The van der Waals surface area contributed by atoms with Gasteiger partial charge in [0.2, 0.25) is 0 Å². The number of aromatic nitrogens is 2. The Morgan fingerprint density at radius 1 is 1.22 bits per heavy atom. The standard InChI is InChI=1S/C17H14N2O3S/c1-2-22-12-7-5-6-11(10-12)15(20)19-16(21)13-8-3-4-9-14(13)18-17(19)23/h3-10H,2H2,1H3,(H,18,23). The molecular formula is C17H14N2O3S. The summed E-state index contributed by atoms with van der Waals surface area (Å²) in [5, 5.41) is 0.412. The molecule has 0 fully saturated rings. The van der Waals surface area contributed by atoms with Gasteiger partial charge >= 0.3 is 0 Å². The Kier molecular flexibility index (Phi) is 4.08. The third-order valence-corrected chi connectivity index (χ3v) is 3.68. The van der Waals surface area contributed by atoms with Crippen LogP contribution < -0.4 is 10.3 Å². The van der Waals surface area contributed by atoms with Gasteiger partial charge in [0.05, 0.1) is 17.5 Å². The lowest BCUT2D eigenvalue weighted by atomic mass is 10.2. The lowest BCUT2D eigenvalue weighted by Gasteiger charge is -2.08. The van der Waals surface area contributed by atoms with Gasteiger partial charge in [0.15, 0.2) is 4.77 Å². The lowest BCUT2D eigenvalue weighted by molar-refractivity contribution is 0.0953. The molecule has 0 bridgehead atoms. The molecule has 0 aliphatic heterocycles. The molecule has 116 valence electrons. The Hall–Kier alpha value is -2.73. The number of aromatic amines is 1. The number of H-pyrrole nitrogens is 1. The second-order valence-corrected chi connectivity index (χ2v) is 5.27. The average Bonchev–Trinajstić information content (AvgIpc) is 2.55. The molecule has 1 heterocycles. The van der Waals surface area contributed by atoms with E-state index in [4.69, 9.17) is 17.0 Å². The van der Waals surface area contributed by atoms with E-state index in [1.165, 1.54) is 0 Å². The largest absolute Gasteiger partial charge is 0.494 e. The molecule has 1 aromatic heterocycles. The van der Waals surface area contributed by atoms with Gasteiger partial charge in [0, 0.05) is 5.56 Å². The molecule has 3 aromatic rings. The third-order valence-electron chi connectivity index (χ3n) is 3.40. The van der Waals surface area contributed by atoms with E-state index in [9.17, 15) is 9.59 Å². The van der Waals surface area contributed by atoms with Crippen molar-refractivity contribution in [3.05, 3.63) is 69.2 Å². The predicted molar refractivity (Wildman–Crippen MR) is 90.7 cm³/mol. The fourth-order valence-corrected chi connectivity index (χ4v) is 2.64. The van der Waals surface area contributed by atoms with Gasteiger partial charge in [-0.25, -0.2) is 4.57 Å². The second-order valence-electron chi connectivity index (χ2n) is 4.88. The van der Waals surface area contributed by atoms with Crippen molar-refractivity contribution < 1.29 is 9.53 Å². The molecule has 0 amide bonds. The maximum Gasteiger partial charge on any atom is 0.269 e. The molecule has 23 heavy (non-hydrogen) atoms. The van der Waals surface area contributed by atoms with E-state index in [2.05, 4.69) is 4.98 Å². The van der Waals surface area contributed by atoms with Gasteiger partial charge in [0.25, 0.3) is 11.5 Å². The molecule has 0 atom stereocenters. The van der Waals surface area contributed by atoms with E-state index in [0.29, 0.717) is 28.8 Å². The van der Waals surface area contributed by atoms with Crippen LogP contribution in [0.2, 0.25) is 0 Å². The maximum atomic E-state index is 12.7. The fourth-order valence-electron chi connectivity index (χ4n) is 2.36. The highest BCUT2D eigenvalue weighted by molar-refractivity contribution is 7.71. The van der Waals surface area contributed by atoms with Crippen LogP contribution in [0.15, 0.2) is 53.3 Å². The highest BCUT2D eigenvalue weighted by Gasteiger charge is 2.15. The number of para-hydroxylation sites is 1. The molecule has 1 N–H and O–H groups in total. The monoisotopic (exact) mass is 326 g/mol. The normalized spacial score (nSPS) is 10.7. The molecular weight excluding hydrogens is 312 g/mol. The molecule has 0 aliphatic carbocycles. The summed E-state index contributed by atoms with van der Waals surface area (Å²) in [6.45, 7) is 2.35. The van der Waals surface area contributed by atoms with Gasteiger partial charge in [0.1, 0.15) is 5.75 Å². The molecule has 2 aromatic carbocycles. The van der Waals surface area contributed by atoms with Crippen LogP contribution in [0.3, 0.4) is 0 Å². The number of nitrogens with zero attached hydrogens (tertiary/aromatic N) is 1. The number of hydrogen-bond acceptors (Lipinski definition) is 4. The van der Waals surface area contributed by atoms with E-state index in [1.807, 2.05) is 6.92 Å². The van der Waals surface area contributed by atoms with E-state index < -0.39 is 11.5 Å². The molecule has 0 saturated heterocycles. The van der Waals surface area contributed by atoms with Crippen molar-refractivity contribution in [3.63, 3.8) is 0 Å². The quantitative estimate of drug-likeness (QED) is 0.751. The van der Waals surface area contributed by atoms with Crippen molar-refractivity contribution in [1.29, 1.82) is 0 Å². The highest BCUT2D eigenvalue weighted by atomic mass is 32.1. The minimum absolute atomic E-state index is 0.0699. The highest BCUT2D eigenvalue weighted by Crippen LogP contribution is 2.15. The summed E-state index contributed by atoms with van der Waals surface area (Å²) in [6.07, 6.45) is 0. The van der Waals surface area contributed by atoms with Gasteiger partial charge < -0.3 is 9.72 Å². The Morgan fingerprint density at radius 2 is 2.00 bits per heavy atom. The number of fused-ring (bicyclic) bond motifs is 1. The Morgan fingerprint density at radius 3 is 2.78 bits per heavy atom. The molecule has 5 nitrogen and oxygen atoms in total. The fraction of sp³-hybridized carbons (Fsp3) is 0.118. The van der Waals surface area contributed by atoms with Crippen LogP contribution in [0.4, 0.5) is 0 Å². The van der Waals surface area contributed by atoms with Crippen molar-refractivity contribution in [2.24, 2.45) is 0 Å². The van der Waals surface area contributed by atoms with Crippen LogP contribution in [0.1, 0.15) is 17.3 Å². The number of benzene rings is 2. The first-order valence-corrected chi connectivity index (χ1v) is 7.54. The SMILES string of the molecule is CCOc1cccc(C(=O)n2c(=S)[nH]c3ccccc3c2=O)c1. The first kappa shape index (κ1) is 15.2. The van der Waals surface area contributed by atoms with E-state index >= 15 is 0 Å². The van der Waals surface area contributed by atoms with Crippen LogP contribution in [0, 0.1) is 4.77 Å². The Bertz CT molecular complexity index is 1000. The zero-order valence-electron chi connectivity index (χ0n) is 12.4. The minimum atomic E-state index is -0.483. The van der Waals surface area contributed by atoms with Crippen LogP contribution in [0.5, 0.6) is 5.75 Å². The number of rotatable bonds is 3. The minimum Gasteiger partial charge on any atom is -0.494 e.